The number of piperazine rings is 1. The molecule has 3 nitrogen and oxygen atoms in total. The SMILES string of the molecule is Cc1ncsc1CN1CCNC(C2CCCCC2)C1. The lowest BCUT2D eigenvalue weighted by atomic mass is 9.83. The molecule has 0 amide bonds. The van der Waals surface area contributed by atoms with E-state index in [1.165, 1.54) is 55.8 Å². The Morgan fingerprint density at radius 2 is 2.21 bits per heavy atom. The fourth-order valence-electron chi connectivity index (χ4n) is 3.52. The Hall–Kier alpha value is -0.450. The van der Waals surface area contributed by atoms with Crippen molar-refractivity contribution in [1.29, 1.82) is 0 Å². The molecule has 0 radical (unpaired) electrons. The maximum atomic E-state index is 4.37. The fraction of sp³-hybridized carbons (Fsp3) is 0.800. The highest BCUT2D eigenvalue weighted by Crippen LogP contribution is 2.28. The molecular formula is C15H25N3S. The van der Waals surface area contributed by atoms with Gasteiger partial charge in [-0.25, -0.2) is 4.98 Å². The smallest absolute Gasteiger partial charge is 0.0798 e. The van der Waals surface area contributed by atoms with Gasteiger partial charge >= 0.3 is 0 Å². The highest BCUT2D eigenvalue weighted by molar-refractivity contribution is 7.09. The predicted molar refractivity (Wildman–Crippen MR) is 80.5 cm³/mol. The number of aryl methyl sites for hydroxylation is 1. The highest BCUT2D eigenvalue weighted by atomic mass is 32.1. The van der Waals surface area contributed by atoms with Crippen LogP contribution in [0.5, 0.6) is 0 Å². The van der Waals surface area contributed by atoms with Crippen LogP contribution in [0.3, 0.4) is 0 Å². The Morgan fingerprint density at radius 3 is 2.95 bits per heavy atom. The Balaban J connectivity index is 1.57. The van der Waals surface area contributed by atoms with Gasteiger partial charge in [-0.3, -0.25) is 4.90 Å². The molecule has 2 aliphatic rings. The van der Waals surface area contributed by atoms with Crippen LogP contribution in [0, 0.1) is 12.8 Å². The van der Waals surface area contributed by atoms with Crippen molar-refractivity contribution in [2.24, 2.45) is 5.92 Å². The number of rotatable bonds is 3. The summed E-state index contributed by atoms with van der Waals surface area (Å²) in [6.07, 6.45) is 7.21. The third-order valence-electron chi connectivity index (χ3n) is 4.72. The third kappa shape index (κ3) is 3.36. The van der Waals surface area contributed by atoms with Crippen molar-refractivity contribution >= 4 is 11.3 Å². The van der Waals surface area contributed by atoms with Gasteiger partial charge in [0.05, 0.1) is 11.2 Å². The first-order valence-corrected chi connectivity index (χ1v) is 8.55. The topological polar surface area (TPSA) is 28.2 Å². The van der Waals surface area contributed by atoms with Gasteiger partial charge in [0, 0.05) is 37.1 Å². The van der Waals surface area contributed by atoms with E-state index < -0.39 is 0 Å². The molecule has 1 saturated carbocycles. The van der Waals surface area contributed by atoms with E-state index in [1.54, 1.807) is 11.3 Å². The average molecular weight is 279 g/mol. The summed E-state index contributed by atoms with van der Waals surface area (Å²) in [4.78, 5) is 8.44. The Labute approximate surface area is 120 Å². The summed E-state index contributed by atoms with van der Waals surface area (Å²) >= 11 is 1.81. The number of nitrogens with one attached hydrogen (secondary N) is 1. The number of thiazole rings is 1. The summed E-state index contributed by atoms with van der Waals surface area (Å²) in [5, 5.41) is 3.76. The maximum Gasteiger partial charge on any atom is 0.0798 e. The molecule has 106 valence electrons. The lowest BCUT2D eigenvalue weighted by Gasteiger charge is -2.39. The second kappa shape index (κ2) is 6.33. The summed E-state index contributed by atoms with van der Waals surface area (Å²) in [7, 11) is 0. The van der Waals surface area contributed by atoms with E-state index in [1.807, 2.05) is 5.51 Å². The van der Waals surface area contributed by atoms with Crippen LogP contribution in [0.15, 0.2) is 5.51 Å². The van der Waals surface area contributed by atoms with Crippen LogP contribution in [0.1, 0.15) is 42.7 Å². The minimum absolute atomic E-state index is 0.724. The minimum atomic E-state index is 0.724. The van der Waals surface area contributed by atoms with Crippen molar-refractivity contribution in [2.45, 2.75) is 51.6 Å². The lowest BCUT2D eigenvalue weighted by Crippen LogP contribution is -2.53. The second-order valence-electron chi connectivity index (χ2n) is 6.05. The van der Waals surface area contributed by atoms with Crippen LogP contribution in [0.4, 0.5) is 0 Å². The van der Waals surface area contributed by atoms with Crippen molar-refractivity contribution in [3.8, 4) is 0 Å². The molecule has 2 fully saturated rings. The Bertz CT molecular complexity index is 398. The minimum Gasteiger partial charge on any atom is -0.311 e. The van der Waals surface area contributed by atoms with Crippen LogP contribution >= 0.6 is 11.3 Å². The highest BCUT2D eigenvalue weighted by Gasteiger charge is 2.28. The van der Waals surface area contributed by atoms with Gasteiger partial charge in [0.2, 0.25) is 0 Å². The van der Waals surface area contributed by atoms with Gasteiger partial charge in [-0.05, 0) is 25.7 Å². The first-order chi connectivity index (χ1) is 9.33. The van der Waals surface area contributed by atoms with Crippen molar-refractivity contribution in [3.63, 3.8) is 0 Å². The van der Waals surface area contributed by atoms with Crippen LogP contribution in [-0.4, -0.2) is 35.6 Å². The zero-order chi connectivity index (χ0) is 13.1. The first kappa shape index (κ1) is 13.5. The molecule has 2 heterocycles. The first-order valence-electron chi connectivity index (χ1n) is 7.67. The normalized spacial score (nSPS) is 26.7. The zero-order valence-corrected chi connectivity index (χ0v) is 12.7. The van der Waals surface area contributed by atoms with Crippen molar-refractivity contribution < 1.29 is 0 Å². The van der Waals surface area contributed by atoms with Gasteiger partial charge in [0.25, 0.3) is 0 Å². The van der Waals surface area contributed by atoms with E-state index in [0.717, 1.165) is 25.0 Å². The standard InChI is InChI=1S/C15H25N3S/c1-12-15(19-11-17-12)10-18-8-7-16-14(9-18)13-5-3-2-4-6-13/h11,13-14,16H,2-10H2,1H3. The molecule has 1 aliphatic heterocycles. The molecule has 1 aromatic heterocycles. The summed E-state index contributed by atoms with van der Waals surface area (Å²) in [5.41, 5.74) is 3.20. The van der Waals surface area contributed by atoms with E-state index in [-0.39, 0.29) is 0 Å². The maximum absolute atomic E-state index is 4.37. The number of hydrogen-bond acceptors (Lipinski definition) is 4. The van der Waals surface area contributed by atoms with Crippen molar-refractivity contribution in [3.05, 3.63) is 16.1 Å². The second-order valence-corrected chi connectivity index (χ2v) is 6.99. The van der Waals surface area contributed by atoms with Gasteiger partial charge in [0.1, 0.15) is 0 Å². The van der Waals surface area contributed by atoms with E-state index in [0.29, 0.717) is 0 Å². The predicted octanol–water partition coefficient (Wildman–Crippen LogP) is 2.81. The summed E-state index contributed by atoms with van der Waals surface area (Å²) in [6, 6.07) is 0.724. The third-order valence-corrected chi connectivity index (χ3v) is 5.64. The molecule has 1 aliphatic carbocycles. The van der Waals surface area contributed by atoms with Crippen LogP contribution in [0.2, 0.25) is 0 Å². The molecule has 1 saturated heterocycles. The summed E-state index contributed by atoms with van der Waals surface area (Å²) in [6.45, 7) is 6.79. The van der Waals surface area contributed by atoms with E-state index >= 15 is 0 Å². The molecule has 0 spiro atoms. The van der Waals surface area contributed by atoms with Gasteiger partial charge in [-0.15, -0.1) is 11.3 Å². The van der Waals surface area contributed by atoms with E-state index in [2.05, 4.69) is 22.1 Å². The lowest BCUT2D eigenvalue weighted by molar-refractivity contribution is 0.141. The molecule has 1 N–H and O–H groups in total. The van der Waals surface area contributed by atoms with Gasteiger partial charge in [-0.2, -0.15) is 0 Å². The molecule has 4 heteroatoms. The monoisotopic (exact) mass is 279 g/mol. The van der Waals surface area contributed by atoms with Gasteiger partial charge in [0.15, 0.2) is 0 Å². The number of aromatic nitrogens is 1. The van der Waals surface area contributed by atoms with Crippen LogP contribution < -0.4 is 5.32 Å². The van der Waals surface area contributed by atoms with Crippen molar-refractivity contribution in [2.75, 3.05) is 19.6 Å². The Kier molecular flexibility index (Phi) is 4.51. The molecule has 0 bridgehead atoms. The quantitative estimate of drug-likeness (QED) is 0.922. The van der Waals surface area contributed by atoms with E-state index in [4.69, 9.17) is 0 Å². The van der Waals surface area contributed by atoms with Crippen molar-refractivity contribution in [1.82, 2.24) is 15.2 Å². The number of hydrogen-bond donors (Lipinski definition) is 1. The molecule has 1 atom stereocenters. The molecule has 19 heavy (non-hydrogen) atoms. The fourth-order valence-corrected chi connectivity index (χ4v) is 4.34. The van der Waals surface area contributed by atoms with Crippen LogP contribution in [0.25, 0.3) is 0 Å². The molecule has 1 aromatic rings. The van der Waals surface area contributed by atoms with Gasteiger partial charge in [-0.1, -0.05) is 19.3 Å². The average Bonchev–Trinajstić information content (AvgIpc) is 2.86. The molecular weight excluding hydrogens is 254 g/mol. The molecule has 3 rings (SSSR count). The van der Waals surface area contributed by atoms with Gasteiger partial charge < -0.3 is 5.32 Å². The Morgan fingerprint density at radius 1 is 1.37 bits per heavy atom. The number of nitrogens with zero attached hydrogens (tertiary/aromatic N) is 2. The zero-order valence-electron chi connectivity index (χ0n) is 11.9. The molecule has 0 aromatic carbocycles. The molecule has 1 unspecified atom stereocenters. The largest absolute Gasteiger partial charge is 0.311 e. The van der Waals surface area contributed by atoms with E-state index in [9.17, 15) is 0 Å². The van der Waals surface area contributed by atoms with Crippen LogP contribution in [-0.2, 0) is 6.54 Å². The summed E-state index contributed by atoms with van der Waals surface area (Å²) < 4.78 is 0. The summed E-state index contributed by atoms with van der Waals surface area (Å²) in [5.74, 6) is 0.916.